The summed E-state index contributed by atoms with van der Waals surface area (Å²) in [6, 6.07) is 0. The average Bonchev–Trinajstić information content (AvgIpc) is 2.43. The maximum absolute atomic E-state index is 8.88. The molecule has 4 heteroatoms. The van der Waals surface area contributed by atoms with Gasteiger partial charge in [-0.2, -0.15) is 0 Å². The normalized spacial score (nSPS) is 30.8. The highest BCUT2D eigenvalue weighted by atomic mass is 35.5. The lowest BCUT2D eigenvalue weighted by Gasteiger charge is -2.05. The smallest absolute Gasteiger partial charge is 0.136 e. The minimum absolute atomic E-state index is 0.116. The summed E-state index contributed by atoms with van der Waals surface area (Å²) in [5.41, 5.74) is 0. The Kier molecular flexibility index (Phi) is 1.98. The van der Waals surface area contributed by atoms with E-state index >= 15 is 0 Å². The number of ether oxygens (including phenoxy) is 1. The van der Waals surface area contributed by atoms with Crippen molar-refractivity contribution in [1.82, 2.24) is 0 Å². The zero-order chi connectivity index (χ0) is 6.15. The van der Waals surface area contributed by atoms with Crippen LogP contribution in [-0.2, 0) is 4.74 Å². The third-order valence-corrected chi connectivity index (χ3v) is 1.51. The van der Waals surface area contributed by atoms with E-state index in [0.717, 1.165) is 0 Å². The topological polar surface area (TPSA) is 32.8 Å². The fourth-order valence-corrected chi connectivity index (χ4v) is 0.740. The molecule has 0 saturated carbocycles. The standard InChI is InChI=1S/C4H6Cl2O2/c5-4(6)3(7)2-1-8-2/h2-4,7H,1H2. The van der Waals surface area contributed by atoms with Gasteiger partial charge in [0.2, 0.25) is 0 Å². The van der Waals surface area contributed by atoms with Crippen LogP contribution in [0.2, 0.25) is 0 Å². The molecule has 0 aliphatic carbocycles. The number of aliphatic hydroxyl groups excluding tert-OH is 1. The number of hydrogen-bond donors (Lipinski definition) is 1. The predicted octanol–water partition coefficient (Wildman–Crippen LogP) is 0.550. The summed E-state index contributed by atoms with van der Waals surface area (Å²) in [7, 11) is 0. The van der Waals surface area contributed by atoms with E-state index in [4.69, 9.17) is 33.0 Å². The van der Waals surface area contributed by atoms with Gasteiger partial charge in [-0.3, -0.25) is 0 Å². The maximum Gasteiger partial charge on any atom is 0.136 e. The second-order valence-corrected chi connectivity index (χ2v) is 2.86. The van der Waals surface area contributed by atoms with E-state index in [2.05, 4.69) is 0 Å². The quantitative estimate of drug-likeness (QED) is 0.469. The Hall–Kier alpha value is 0.500. The van der Waals surface area contributed by atoms with Crippen molar-refractivity contribution < 1.29 is 9.84 Å². The summed E-state index contributed by atoms with van der Waals surface area (Å²) < 4.78 is 4.71. The molecule has 48 valence electrons. The molecule has 1 aliphatic heterocycles. The Bertz CT molecular complexity index is 80.1. The van der Waals surface area contributed by atoms with Crippen molar-refractivity contribution in [2.45, 2.75) is 17.0 Å². The van der Waals surface area contributed by atoms with Crippen LogP contribution in [0.5, 0.6) is 0 Å². The molecular weight excluding hydrogens is 151 g/mol. The third kappa shape index (κ3) is 1.49. The molecule has 2 nitrogen and oxygen atoms in total. The summed E-state index contributed by atoms with van der Waals surface area (Å²) in [5.74, 6) is 0. The van der Waals surface area contributed by atoms with Crippen LogP contribution in [0.4, 0.5) is 0 Å². The molecular formula is C4H6Cl2O2. The van der Waals surface area contributed by atoms with Gasteiger partial charge in [0.15, 0.2) is 0 Å². The van der Waals surface area contributed by atoms with Crippen LogP contribution in [0.3, 0.4) is 0 Å². The van der Waals surface area contributed by atoms with E-state index in [1.165, 1.54) is 0 Å². The fraction of sp³-hybridized carbons (Fsp3) is 1.00. The molecule has 0 radical (unpaired) electrons. The van der Waals surface area contributed by atoms with Crippen LogP contribution in [0.15, 0.2) is 0 Å². The van der Waals surface area contributed by atoms with Gasteiger partial charge >= 0.3 is 0 Å². The molecule has 1 fully saturated rings. The van der Waals surface area contributed by atoms with Crippen LogP contribution in [0, 0.1) is 0 Å². The molecule has 2 unspecified atom stereocenters. The van der Waals surface area contributed by atoms with Gasteiger partial charge in [-0.05, 0) is 0 Å². The highest BCUT2D eigenvalue weighted by Crippen LogP contribution is 2.21. The molecule has 0 aromatic heterocycles. The number of rotatable bonds is 2. The maximum atomic E-state index is 8.88. The van der Waals surface area contributed by atoms with Crippen molar-refractivity contribution >= 4 is 23.2 Å². The summed E-state index contributed by atoms with van der Waals surface area (Å²) >= 11 is 10.6. The Labute approximate surface area is 57.3 Å². The lowest BCUT2D eigenvalue weighted by atomic mass is 10.3. The fourth-order valence-electron chi connectivity index (χ4n) is 0.415. The first kappa shape index (κ1) is 6.62. The Balaban J connectivity index is 2.22. The van der Waals surface area contributed by atoms with Crippen molar-refractivity contribution in [3.63, 3.8) is 0 Å². The molecule has 0 bridgehead atoms. The second-order valence-electron chi connectivity index (χ2n) is 1.70. The molecule has 0 spiro atoms. The summed E-state index contributed by atoms with van der Waals surface area (Å²) in [6.45, 7) is 0.580. The Morgan fingerprint density at radius 2 is 2.12 bits per heavy atom. The van der Waals surface area contributed by atoms with Crippen molar-refractivity contribution in [3.05, 3.63) is 0 Å². The molecule has 1 N–H and O–H groups in total. The molecule has 0 aromatic carbocycles. The van der Waals surface area contributed by atoms with Crippen molar-refractivity contribution in [3.8, 4) is 0 Å². The van der Waals surface area contributed by atoms with Gasteiger partial charge < -0.3 is 9.84 Å². The molecule has 1 heterocycles. The first-order chi connectivity index (χ1) is 3.72. The van der Waals surface area contributed by atoms with Crippen LogP contribution >= 0.6 is 23.2 Å². The minimum Gasteiger partial charge on any atom is -0.387 e. The summed E-state index contributed by atoms with van der Waals surface area (Å²) in [6.07, 6.45) is -0.826. The minimum atomic E-state index is -0.720. The van der Waals surface area contributed by atoms with E-state index in [0.29, 0.717) is 6.61 Å². The zero-order valence-electron chi connectivity index (χ0n) is 4.05. The van der Waals surface area contributed by atoms with Gasteiger partial charge in [-0.1, -0.05) is 0 Å². The van der Waals surface area contributed by atoms with Gasteiger partial charge in [-0.25, -0.2) is 0 Å². The molecule has 1 saturated heterocycles. The average molecular weight is 157 g/mol. The van der Waals surface area contributed by atoms with E-state index in [9.17, 15) is 0 Å². The van der Waals surface area contributed by atoms with E-state index in [1.807, 2.05) is 0 Å². The van der Waals surface area contributed by atoms with Crippen molar-refractivity contribution in [1.29, 1.82) is 0 Å². The second kappa shape index (κ2) is 2.40. The molecule has 0 amide bonds. The van der Waals surface area contributed by atoms with Crippen LogP contribution in [-0.4, -0.2) is 28.8 Å². The van der Waals surface area contributed by atoms with Crippen molar-refractivity contribution in [2.24, 2.45) is 0 Å². The van der Waals surface area contributed by atoms with Crippen LogP contribution in [0.1, 0.15) is 0 Å². The number of alkyl halides is 2. The molecule has 8 heavy (non-hydrogen) atoms. The van der Waals surface area contributed by atoms with Gasteiger partial charge in [0.1, 0.15) is 17.0 Å². The first-order valence-corrected chi connectivity index (χ1v) is 3.17. The monoisotopic (exact) mass is 156 g/mol. The van der Waals surface area contributed by atoms with Gasteiger partial charge in [0, 0.05) is 0 Å². The SMILES string of the molecule is OC(C(Cl)Cl)C1CO1. The first-order valence-electron chi connectivity index (χ1n) is 2.29. The lowest BCUT2D eigenvalue weighted by Crippen LogP contribution is -2.21. The number of aliphatic hydroxyl groups is 1. The molecule has 1 rings (SSSR count). The van der Waals surface area contributed by atoms with Crippen molar-refractivity contribution in [2.75, 3.05) is 6.61 Å². The van der Waals surface area contributed by atoms with E-state index in [1.54, 1.807) is 0 Å². The van der Waals surface area contributed by atoms with E-state index < -0.39 is 10.9 Å². The highest BCUT2D eigenvalue weighted by molar-refractivity contribution is 6.44. The predicted molar refractivity (Wildman–Crippen MR) is 31.2 cm³/mol. The Morgan fingerprint density at radius 1 is 1.62 bits per heavy atom. The summed E-state index contributed by atoms with van der Waals surface area (Å²) in [4.78, 5) is -0.720. The highest BCUT2D eigenvalue weighted by Gasteiger charge is 2.34. The molecule has 1 aliphatic rings. The molecule has 0 aromatic rings. The van der Waals surface area contributed by atoms with Gasteiger partial charge in [0.05, 0.1) is 6.61 Å². The number of hydrogen-bond acceptors (Lipinski definition) is 2. The van der Waals surface area contributed by atoms with Crippen LogP contribution < -0.4 is 0 Å². The number of halogens is 2. The lowest BCUT2D eigenvalue weighted by molar-refractivity contribution is 0.147. The van der Waals surface area contributed by atoms with E-state index in [-0.39, 0.29) is 6.10 Å². The van der Waals surface area contributed by atoms with Crippen LogP contribution in [0.25, 0.3) is 0 Å². The van der Waals surface area contributed by atoms with Gasteiger partial charge in [-0.15, -0.1) is 23.2 Å². The molecule has 2 atom stereocenters. The Morgan fingerprint density at radius 3 is 2.25 bits per heavy atom. The number of epoxide rings is 1. The zero-order valence-corrected chi connectivity index (χ0v) is 5.56. The largest absolute Gasteiger partial charge is 0.387 e. The van der Waals surface area contributed by atoms with Gasteiger partial charge in [0.25, 0.3) is 0 Å². The third-order valence-electron chi connectivity index (χ3n) is 0.998. The summed E-state index contributed by atoms with van der Waals surface area (Å²) in [5, 5.41) is 8.88.